The van der Waals surface area contributed by atoms with Gasteiger partial charge in [0, 0.05) is 38.1 Å². The number of aromatic hydroxyl groups is 1. The number of anilines is 1. The van der Waals surface area contributed by atoms with Crippen LogP contribution in [-0.2, 0) is 6.54 Å². The van der Waals surface area contributed by atoms with Gasteiger partial charge in [-0.2, -0.15) is 0 Å². The van der Waals surface area contributed by atoms with E-state index in [-0.39, 0.29) is 5.75 Å². The Labute approximate surface area is 189 Å². The Hall–Kier alpha value is -3.44. The predicted molar refractivity (Wildman–Crippen MR) is 130 cm³/mol. The summed E-state index contributed by atoms with van der Waals surface area (Å²) >= 11 is 0. The molecule has 5 heteroatoms. The van der Waals surface area contributed by atoms with Crippen molar-refractivity contribution in [1.29, 1.82) is 0 Å². The number of hydrogen-bond donors (Lipinski definition) is 1. The summed E-state index contributed by atoms with van der Waals surface area (Å²) in [5.74, 6) is 1.73. The quantitative estimate of drug-likeness (QED) is 0.498. The number of phenols is 1. The van der Waals surface area contributed by atoms with Crippen molar-refractivity contribution in [1.82, 2.24) is 14.9 Å². The lowest BCUT2D eigenvalue weighted by atomic mass is 10.1. The minimum Gasteiger partial charge on any atom is -0.507 e. The Morgan fingerprint density at radius 1 is 0.844 bits per heavy atom. The molecule has 0 saturated carbocycles. The van der Waals surface area contributed by atoms with Crippen LogP contribution in [0.4, 0.5) is 5.82 Å². The molecule has 4 aromatic rings. The normalized spacial score (nSPS) is 15.1. The highest BCUT2D eigenvalue weighted by atomic mass is 16.3. The molecule has 1 aromatic heterocycles. The molecular formula is C27H28N4O. The summed E-state index contributed by atoms with van der Waals surface area (Å²) in [4.78, 5) is 14.7. The van der Waals surface area contributed by atoms with Gasteiger partial charge >= 0.3 is 0 Å². The highest BCUT2D eigenvalue weighted by Crippen LogP contribution is 2.32. The summed E-state index contributed by atoms with van der Waals surface area (Å²) in [5.41, 5.74) is 4.09. The van der Waals surface area contributed by atoms with Crippen LogP contribution in [0.1, 0.15) is 17.5 Å². The van der Waals surface area contributed by atoms with Crippen molar-refractivity contribution in [2.45, 2.75) is 19.9 Å². The first-order valence-electron chi connectivity index (χ1n) is 11.3. The molecule has 0 atom stereocenters. The smallest absolute Gasteiger partial charge is 0.165 e. The van der Waals surface area contributed by atoms with Crippen LogP contribution in [-0.4, -0.2) is 46.2 Å². The molecule has 5 nitrogen and oxygen atoms in total. The number of fused-ring (bicyclic) bond motifs is 1. The van der Waals surface area contributed by atoms with Gasteiger partial charge in [-0.15, -0.1) is 0 Å². The third-order valence-electron chi connectivity index (χ3n) is 6.11. The lowest BCUT2D eigenvalue weighted by Gasteiger charge is -2.24. The zero-order valence-corrected chi connectivity index (χ0v) is 18.4. The molecule has 162 valence electrons. The molecule has 1 N–H and O–H groups in total. The molecule has 3 aromatic carbocycles. The van der Waals surface area contributed by atoms with E-state index in [9.17, 15) is 5.11 Å². The van der Waals surface area contributed by atoms with Crippen LogP contribution in [0.3, 0.4) is 0 Å². The average Bonchev–Trinajstić information content (AvgIpc) is 3.04. The van der Waals surface area contributed by atoms with Gasteiger partial charge in [0.1, 0.15) is 11.6 Å². The van der Waals surface area contributed by atoms with E-state index >= 15 is 0 Å². The average molecular weight is 425 g/mol. The Morgan fingerprint density at radius 2 is 1.66 bits per heavy atom. The molecule has 1 aliphatic rings. The Bertz CT molecular complexity index is 1220. The SMILES string of the molecule is Cc1ccc2c(N3CCCN(Cc4ccccc4)CC3)nc(-c3ccccc3O)nc2c1. The molecule has 0 bridgehead atoms. The maximum absolute atomic E-state index is 10.4. The summed E-state index contributed by atoms with van der Waals surface area (Å²) < 4.78 is 0. The molecule has 1 saturated heterocycles. The molecule has 0 aliphatic carbocycles. The Balaban J connectivity index is 1.48. The highest BCUT2D eigenvalue weighted by Gasteiger charge is 2.20. The monoisotopic (exact) mass is 424 g/mol. The van der Waals surface area contributed by atoms with Crippen molar-refractivity contribution in [3.63, 3.8) is 0 Å². The van der Waals surface area contributed by atoms with Gasteiger partial charge in [0.05, 0.1) is 11.1 Å². The fourth-order valence-electron chi connectivity index (χ4n) is 4.43. The number of phenolic OH excluding ortho intramolecular Hbond substituents is 1. The van der Waals surface area contributed by atoms with Crippen molar-refractivity contribution in [3.8, 4) is 17.1 Å². The van der Waals surface area contributed by atoms with Crippen LogP contribution in [0, 0.1) is 6.92 Å². The maximum Gasteiger partial charge on any atom is 0.165 e. The molecule has 0 radical (unpaired) electrons. The van der Waals surface area contributed by atoms with Crippen LogP contribution in [0.25, 0.3) is 22.3 Å². The Kier molecular flexibility index (Phi) is 5.73. The zero-order chi connectivity index (χ0) is 21.9. The van der Waals surface area contributed by atoms with E-state index < -0.39 is 0 Å². The van der Waals surface area contributed by atoms with Crippen molar-refractivity contribution in [3.05, 3.63) is 83.9 Å². The molecule has 0 unspecified atom stereocenters. The number of para-hydroxylation sites is 1. The number of nitrogens with zero attached hydrogens (tertiary/aromatic N) is 4. The van der Waals surface area contributed by atoms with Crippen molar-refractivity contribution < 1.29 is 5.11 Å². The number of aromatic nitrogens is 2. The van der Waals surface area contributed by atoms with Crippen LogP contribution >= 0.6 is 0 Å². The summed E-state index contributed by atoms with van der Waals surface area (Å²) in [6.45, 7) is 6.96. The van der Waals surface area contributed by atoms with Crippen LogP contribution in [0.2, 0.25) is 0 Å². The molecule has 1 aliphatic heterocycles. The molecular weight excluding hydrogens is 396 g/mol. The van der Waals surface area contributed by atoms with Crippen molar-refractivity contribution in [2.75, 3.05) is 31.1 Å². The fraction of sp³-hybridized carbons (Fsp3) is 0.259. The minimum absolute atomic E-state index is 0.204. The van der Waals surface area contributed by atoms with E-state index in [1.807, 2.05) is 18.2 Å². The van der Waals surface area contributed by atoms with Crippen LogP contribution in [0.15, 0.2) is 72.8 Å². The third kappa shape index (κ3) is 4.30. The van der Waals surface area contributed by atoms with E-state index in [1.165, 1.54) is 5.56 Å². The van der Waals surface area contributed by atoms with Gasteiger partial charge in [-0.05, 0) is 48.7 Å². The van der Waals surface area contributed by atoms with E-state index in [0.29, 0.717) is 11.4 Å². The molecule has 2 heterocycles. The fourth-order valence-corrected chi connectivity index (χ4v) is 4.43. The van der Waals surface area contributed by atoms with Gasteiger partial charge in [-0.1, -0.05) is 48.5 Å². The number of rotatable bonds is 4. The first-order chi connectivity index (χ1) is 15.7. The van der Waals surface area contributed by atoms with Crippen molar-refractivity contribution in [2.24, 2.45) is 0 Å². The van der Waals surface area contributed by atoms with Gasteiger partial charge in [0.15, 0.2) is 5.82 Å². The molecule has 5 rings (SSSR count). The van der Waals surface area contributed by atoms with Gasteiger partial charge in [0.25, 0.3) is 0 Å². The number of hydrogen-bond acceptors (Lipinski definition) is 5. The first kappa shape index (κ1) is 20.5. The molecule has 0 amide bonds. The largest absolute Gasteiger partial charge is 0.507 e. The lowest BCUT2D eigenvalue weighted by molar-refractivity contribution is 0.285. The molecule has 32 heavy (non-hydrogen) atoms. The second-order valence-electron chi connectivity index (χ2n) is 8.51. The maximum atomic E-state index is 10.4. The number of benzene rings is 3. The van der Waals surface area contributed by atoms with Crippen molar-refractivity contribution >= 4 is 16.7 Å². The summed E-state index contributed by atoms with van der Waals surface area (Å²) in [6, 6.07) is 24.3. The van der Waals surface area contributed by atoms with Crippen LogP contribution < -0.4 is 4.90 Å². The first-order valence-corrected chi connectivity index (χ1v) is 11.3. The van der Waals surface area contributed by atoms with Gasteiger partial charge in [0.2, 0.25) is 0 Å². The van der Waals surface area contributed by atoms with Gasteiger partial charge in [-0.25, -0.2) is 9.97 Å². The Morgan fingerprint density at radius 3 is 2.50 bits per heavy atom. The summed E-state index contributed by atoms with van der Waals surface area (Å²) in [6.07, 6.45) is 1.08. The van der Waals surface area contributed by atoms with E-state index in [1.54, 1.807) is 6.07 Å². The molecule has 0 spiro atoms. The minimum atomic E-state index is 0.204. The zero-order valence-electron chi connectivity index (χ0n) is 18.4. The summed E-state index contributed by atoms with van der Waals surface area (Å²) in [5, 5.41) is 11.5. The second-order valence-corrected chi connectivity index (χ2v) is 8.51. The topological polar surface area (TPSA) is 52.5 Å². The third-order valence-corrected chi connectivity index (χ3v) is 6.11. The lowest BCUT2D eigenvalue weighted by Crippen LogP contribution is -2.31. The van der Waals surface area contributed by atoms with Gasteiger partial charge in [-0.3, -0.25) is 4.90 Å². The van der Waals surface area contributed by atoms with E-state index in [2.05, 4.69) is 65.3 Å². The number of aryl methyl sites for hydroxylation is 1. The highest BCUT2D eigenvalue weighted by molar-refractivity contribution is 5.91. The van der Waals surface area contributed by atoms with Crippen LogP contribution in [0.5, 0.6) is 5.75 Å². The standard InChI is InChI=1S/C27H28N4O/c1-20-12-13-22-24(18-20)28-26(23-10-5-6-11-25(23)32)29-27(22)31-15-7-14-30(16-17-31)19-21-8-3-2-4-9-21/h2-6,8-13,18,32H,7,14-17,19H2,1H3. The van der Waals surface area contributed by atoms with E-state index in [0.717, 1.165) is 61.4 Å². The second kappa shape index (κ2) is 8.97. The molecule has 1 fully saturated rings. The van der Waals surface area contributed by atoms with E-state index in [4.69, 9.17) is 9.97 Å². The summed E-state index contributed by atoms with van der Waals surface area (Å²) in [7, 11) is 0. The predicted octanol–water partition coefficient (Wildman–Crippen LogP) is 5.02. The van der Waals surface area contributed by atoms with Gasteiger partial charge < -0.3 is 10.0 Å².